The SMILES string of the molecule is C[C@H](C(=O)N1CC(Cc2ccc(Br)cc2)C1)c1ccccc1. The predicted octanol–water partition coefficient (Wildman–Crippen LogP) is 4.25. The van der Waals surface area contributed by atoms with Crippen molar-refractivity contribution >= 4 is 21.8 Å². The summed E-state index contributed by atoms with van der Waals surface area (Å²) in [5.41, 5.74) is 2.44. The maximum atomic E-state index is 12.5. The molecule has 1 atom stereocenters. The van der Waals surface area contributed by atoms with E-state index in [1.54, 1.807) is 0 Å². The van der Waals surface area contributed by atoms with Crippen LogP contribution in [0.5, 0.6) is 0 Å². The molecular weight excluding hydrogens is 338 g/mol. The van der Waals surface area contributed by atoms with Gasteiger partial charge in [0.2, 0.25) is 5.91 Å². The second-order valence-electron chi connectivity index (χ2n) is 6.07. The molecule has 22 heavy (non-hydrogen) atoms. The molecule has 114 valence electrons. The van der Waals surface area contributed by atoms with Gasteiger partial charge in [-0.15, -0.1) is 0 Å². The van der Waals surface area contributed by atoms with Crippen molar-refractivity contribution < 1.29 is 4.79 Å². The molecule has 3 rings (SSSR count). The fourth-order valence-corrected chi connectivity index (χ4v) is 3.26. The van der Waals surface area contributed by atoms with E-state index in [1.165, 1.54) is 5.56 Å². The minimum absolute atomic E-state index is 0.0465. The van der Waals surface area contributed by atoms with Crippen LogP contribution in [0.4, 0.5) is 0 Å². The number of carbonyl (C=O) groups excluding carboxylic acids is 1. The summed E-state index contributed by atoms with van der Waals surface area (Å²) in [7, 11) is 0. The summed E-state index contributed by atoms with van der Waals surface area (Å²) in [6.07, 6.45) is 1.05. The number of amides is 1. The van der Waals surface area contributed by atoms with Gasteiger partial charge in [0, 0.05) is 17.6 Å². The van der Waals surface area contributed by atoms with Crippen LogP contribution in [0.1, 0.15) is 24.0 Å². The van der Waals surface area contributed by atoms with Crippen molar-refractivity contribution in [2.24, 2.45) is 5.92 Å². The van der Waals surface area contributed by atoms with Gasteiger partial charge in [-0.25, -0.2) is 0 Å². The molecule has 0 saturated carbocycles. The average molecular weight is 358 g/mol. The van der Waals surface area contributed by atoms with Crippen LogP contribution in [0.15, 0.2) is 59.1 Å². The van der Waals surface area contributed by atoms with Crippen LogP contribution in [-0.2, 0) is 11.2 Å². The van der Waals surface area contributed by atoms with Crippen LogP contribution in [0, 0.1) is 5.92 Å². The third-order valence-corrected chi connectivity index (χ3v) is 4.91. The van der Waals surface area contributed by atoms with E-state index in [0.717, 1.165) is 29.5 Å². The van der Waals surface area contributed by atoms with Gasteiger partial charge in [-0.1, -0.05) is 58.4 Å². The smallest absolute Gasteiger partial charge is 0.229 e. The maximum Gasteiger partial charge on any atom is 0.229 e. The van der Waals surface area contributed by atoms with Crippen LogP contribution >= 0.6 is 15.9 Å². The van der Waals surface area contributed by atoms with E-state index in [1.807, 2.05) is 42.2 Å². The van der Waals surface area contributed by atoms with E-state index in [2.05, 4.69) is 40.2 Å². The highest BCUT2D eigenvalue weighted by atomic mass is 79.9. The van der Waals surface area contributed by atoms with Crippen LogP contribution in [0.3, 0.4) is 0 Å². The minimum Gasteiger partial charge on any atom is -0.341 e. The molecule has 0 radical (unpaired) electrons. The quantitative estimate of drug-likeness (QED) is 0.800. The fourth-order valence-electron chi connectivity index (χ4n) is 2.99. The Balaban J connectivity index is 1.52. The number of carbonyl (C=O) groups is 1. The maximum absolute atomic E-state index is 12.5. The van der Waals surface area contributed by atoms with Crippen molar-refractivity contribution in [1.29, 1.82) is 0 Å². The van der Waals surface area contributed by atoms with Gasteiger partial charge < -0.3 is 4.90 Å². The molecule has 0 aliphatic carbocycles. The van der Waals surface area contributed by atoms with Gasteiger partial charge in [-0.2, -0.15) is 0 Å². The topological polar surface area (TPSA) is 20.3 Å². The highest BCUT2D eigenvalue weighted by Gasteiger charge is 2.33. The van der Waals surface area contributed by atoms with E-state index in [-0.39, 0.29) is 11.8 Å². The van der Waals surface area contributed by atoms with E-state index in [0.29, 0.717) is 5.92 Å². The first-order chi connectivity index (χ1) is 10.6. The van der Waals surface area contributed by atoms with Crippen LogP contribution in [0.2, 0.25) is 0 Å². The molecule has 0 N–H and O–H groups in total. The zero-order valence-corrected chi connectivity index (χ0v) is 14.3. The lowest BCUT2D eigenvalue weighted by molar-refractivity contribution is -0.138. The second-order valence-corrected chi connectivity index (χ2v) is 6.99. The van der Waals surface area contributed by atoms with Gasteiger partial charge in [-0.05, 0) is 42.5 Å². The molecule has 3 heteroatoms. The lowest BCUT2D eigenvalue weighted by Crippen LogP contribution is -2.52. The van der Waals surface area contributed by atoms with E-state index in [9.17, 15) is 4.79 Å². The number of rotatable bonds is 4. The van der Waals surface area contributed by atoms with Gasteiger partial charge in [0.05, 0.1) is 5.92 Å². The lowest BCUT2D eigenvalue weighted by Gasteiger charge is -2.41. The molecule has 1 saturated heterocycles. The van der Waals surface area contributed by atoms with Gasteiger partial charge in [0.15, 0.2) is 0 Å². The molecule has 0 spiro atoms. The first-order valence-corrected chi connectivity index (χ1v) is 8.51. The molecule has 2 aromatic rings. The van der Waals surface area contributed by atoms with Crippen molar-refractivity contribution in [1.82, 2.24) is 4.90 Å². The third-order valence-electron chi connectivity index (χ3n) is 4.38. The van der Waals surface area contributed by atoms with Crippen molar-refractivity contribution in [3.05, 3.63) is 70.2 Å². The summed E-state index contributed by atoms with van der Waals surface area (Å²) >= 11 is 3.46. The summed E-state index contributed by atoms with van der Waals surface area (Å²) in [6, 6.07) is 18.5. The van der Waals surface area contributed by atoms with Crippen LogP contribution < -0.4 is 0 Å². The summed E-state index contributed by atoms with van der Waals surface area (Å²) in [5, 5.41) is 0. The van der Waals surface area contributed by atoms with Crippen molar-refractivity contribution in [2.45, 2.75) is 19.3 Å². The summed E-state index contributed by atoms with van der Waals surface area (Å²) in [6.45, 7) is 3.76. The first kappa shape index (κ1) is 15.3. The number of likely N-dealkylation sites (tertiary alicyclic amines) is 1. The Bertz CT molecular complexity index is 632. The second kappa shape index (κ2) is 6.66. The number of nitrogens with zero attached hydrogens (tertiary/aromatic N) is 1. The fraction of sp³-hybridized carbons (Fsp3) is 0.316. The molecule has 2 aromatic carbocycles. The molecule has 1 aliphatic rings. The largest absolute Gasteiger partial charge is 0.341 e. The Kier molecular flexibility index (Phi) is 4.63. The lowest BCUT2D eigenvalue weighted by atomic mass is 9.90. The molecule has 1 fully saturated rings. The van der Waals surface area contributed by atoms with E-state index >= 15 is 0 Å². The Morgan fingerprint density at radius 3 is 2.41 bits per heavy atom. The Morgan fingerprint density at radius 2 is 1.77 bits per heavy atom. The molecule has 0 unspecified atom stereocenters. The number of hydrogen-bond donors (Lipinski definition) is 0. The Hall–Kier alpha value is -1.61. The summed E-state index contributed by atoms with van der Waals surface area (Å²) in [4.78, 5) is 14.5. The van der Waals surface area contributed by atoms with Crippen molar-refractivity contribution in [3.8, 4) is 0 Å². The zero-order chi connectivity index (χ0) is 15.5. The van der Waals surface area contributed by atoms with Gasteiger partial charge in [0.25, 0.3) is 0 Å². The highest BCUT2D eigenvalue weighted by Crippen LogP contribution is 2.26. The zero-order valence-electron chi connectivity index (χ0n) is 12.7. The summed E-state index contributed by atoms with van der Waals surface area (Å²) in [5.74, 6) is 0.793. The molecule has 1 heterocycles. The Labute approximate surface area is 140 Å². The standard InChI is InChI=1S/C19H20BrNO/c1-14(17-5-3-2-4-6-17)19(22)21-12-16(13-21)11-15-7-9-18(20)10-8-15/h2-10,14,16H,11-13H2,1H3/t14-/m0/s1. The van der Waals surface area contributed by atoms with Crippen LogP contribution in [0.25, 0.3) is 0 Å². The predicted molar refractivity (Wildman–Crippen MR) is 92.8 cm³/mol. The van der Waals surface area contributed by atoms with Crippen LogP contribution in [-0.4, -0.2) is 23.9 Å². The van der Waals surface area contributed by atoms with Crippen molar-refractivity contribution in [3.63, 3.8) is 0 Å². The van der Waals surface area contributed by atoms with Gasteiger partial charge in [-0.3, -0.25) is 4.79 Å². The molecule has 2 nitrogen and oxygen atoms in total. The van der Waals surface area contributed by atoms with Gasteiger partial charge >= 0.3 is 0 Å². The number of halogens is 1. The van der Waals surface area contributed by atoms with Gasteiger partial charge in [0.1, 0.15) is 0 Å². The molecule has 0 bridgehead atoms. The molecular formula is C19H20BrNO. The van der Waals surface area contributed by atoms with E-state index < -0.39 is 0 Å². The molecule has 1 aliphatic heterocycles. The first-order valence-electron chi connectivity index (χ1n) is 7.71. The highest BCUT2D eigenvalue weighted by molar-refractivity contribution is 9.10. The average Bonchev–Trinajstić information content (AvgIpc) is 2.52. The molecule has 0 aromatic heterocycles. The Morgan fingerprint density at radius 1 is 1.14 bits per heavy atom. The van der Waals surface area contributed by atoms with E-state index in [4.69, 9.17) is 0 Å². The summed E-state index contributed by atoms with van der Waals surface area (Å²) < 4.78 is 1.11. The molecule has 1 amide bonds. The number of benzene rings is 2. The van der Waals surface area contributed by atoms with Crippen molar-refractivity contribution in [2.75, 3.05) is 13.1 Å². The third kappa shape index (κ3) is 3.41. The monoisotopic (exact) mass is 357 g/mol. The number of hydrogen-bond acceptors (Lipinski definition) is 1. The minimum atomic E-state index is -0.0465. The normalized spacial score (nSPS) is 16.2.